The Bertz CT molecular complexity index is 2560. The second kappa shape index (κ2) is 15.8. The summed E-state index contributed by atoms with van der Waals surface area (Å²) in [7, 11) is 0. The van der Waals surface area contributed by atoms with Crippen molar-refractivity contribution in [2.45, 2.75) is 0 Å². The molecule has 282 valence electrons. The molecule has 11 heteroatoms. The van der Waals surface area contributed by atoms with Gasteiger partial charge in [0, 0.05) is 50.6 Å². The normalized spacial score (nSPS) is 11.0. The van der Waals surface area contributed by atoms with Crippen LogP contribution in [0.4, 0.5) is 60.5 Å². The van der Waals surface area contributed by atoms with Gasteiger partial charge in [-0.2, -0.15) is 26.3 Å². The van der Waals surface area contributed by atoms with Gasteiger partial charge in [-0.3, -0.25) is 0 Å². The number of anilines is 6. The van der Waals surface area contributed by atoms with Gasteiger partial charge < -0.3 is 23.8 Å². The molecule has 8 aromatic rings. The fraction of sp³-hybridized carbons (Fsp3) is 0. The first-order chi connectivity index (χ1) is 27.7. The number of para-hydroxylation sites is 3. The highest BCUT2D eigenvalue weighted by Gasteiger charge is 2.21. The van der Waals surface area contributed by atoms with Crippen molar-refractivity contribution >= 4 is 55.9 Å². The lowest BCUT2D eigenvalue weighted by Crippen LogP contribution is -2.10. The smallest absolute Gasteiger partial charge is 0.344 e. The van der Waals surface area contributed by atoms with Crippen LogP contribution in [-0.4, -0.2) is 4.57 Å². The SMILES string of the molecule is FC(F)=C(F)Oc1ccc(N(c2ccccc2)c2ccc3c(c2)c2cc(N(c4ccccc4)c4ccc(OC(F)=C(F)F)cc4)ccc2n3-c2ccccc2)cc1. The van der Waals surface area contributed by atoms with Crippen LogP contribution in [0.15, 0.2) is 200 Å². The molecule has 1 heterocycles. The molecule has 0 aliphatic heterocycles. The highest BCUT2D eigenvalue weighted by molar-refractivity contribution is 6.12. The van der Waals surface area contributed by atoms with E-state index >= 15 is 0 Å². The third-order valence-corrected chi connectivity index (χ3v) is 9.19. The van der Waals surface area contributed by atoms with E-state index in [4.69, 9.17) is 0 Å². The number of benzene rings is 7. The quantitative estimate of drug-likeness (QED) is 0.0968. The molecule has 0 atom stereocenters. The fourth-order valence-corrected chi connectivity index (χ4v) is 6.79. The minimum atomic E-state index is -2.55. The zero-order valence-corrected chi connectivity index (χ0v) is 29.7. The van der Waals surface area contributed by atoms with Gasteiger partial charge in [0.05, 0.1) is 11.0 Å². The Morgan fingerprint density at radius 1 is 0.368 bits per heavy atom. The molecule has 0 saturated carbocycles. The van der Waals surface area contributed by atoms with Gasteiger partial charge in [-0.05, 0) is 121 Å². The van der Waals surface area contributed by atoms with Crippen LogP contribution in [0, 0.1) is 0 Å². The van der Waals surface area contributed by atoms with Crippen LogP contribution in [0.25, 0.3) is 27.5 Å². The van der Waals surface area contributed by atoms with Crippen LogP contribution in [-0.2, 0) is 0 Å². The Morgan fingerprint density at radius 2 is 0.702 bits per heavy atom. The first-order valence-corrected chi connectivity index (χ1v) is 17.6. The van der Waals surface area contributed by atoms with Gasteiger partial charge in [0.15, 0.2) is 0 Å². The minimum Gasteiger partial charge on any atom is -0.428 e. The van der Waals surface area contributed by atoms with Crippen molar-refractivity contribution in [1.82, 2.24) is 4.57 Å². The largest absolute Gasteiger partial charge is 0.428 e. The van der Waals surface area contributed by atoms with E-state index in [1.165, 1.54) is 24.3 Å². The number of nitrogens with zero attached hydrogens (tertiary/aromatic N) is 3. The standard InChI is InChI=1S/C46H29F6N3O2/c47-43(48)45(51)56-37-22-16-33(17-23-37)53(30-10-4-1-5-11-30)35-20-26-41-39(28-35)40-29-36(21-27-42(40)55(41)32-14-8-3-9-15-32)54(31-12-6-2-7-13-31)34-18-24-38(25-19-34)57-46(52)44(49)50/h1-29H. The Labute approximate surface area is 322 Å². The molecule has 7 aromatic carbocycles. The van der Waals surface area contributed by atoms with Crippen LogP contribution in [0.2, 0.25) is 0 Å². The maximum atomic E-state index is 13.6. The predicted molar refractivity (Wildman–Crippen MR) is 212 cm³/mol. The maximum Gasteiger partial charge on any atom is 0.344 e. The summed E-state index contributed by atoms with van der Waals surface area (Å²) in [5.41, 5.74) is 7.30. The van der Waals surface area contributed by atoms with E-state index in [-0.39, 0.29) is 11.5 Å². The van der Waals surface area contributed by atoms with Gasteiger partial charge in [0.2, 0.25) is 0 Å². The van der Waals surface area contributed by atoms with E-state index in [0.29, 0.717) is 11.4 Å². The predicted octanol–water partition coefficient (Wildman–Crippen LogP) is 14.6. The molecule has 0 saturated heterocycles. The Hall–Kier alpha value is -7.40. The maximum absolute atomic E-state index is 13.6. The Balaban J connectivity index is 1.30. The average molecular weight is 770 g/mol. The lowest BCUT2D eigenvalue weighted by atomic mass is 10.1. The molecule has 0 radical (unpaired) electrons. The molecule has 0 aliphatic carbocycles. The van der Waals surface area contributed by atoms with Crippen LogP contribution in [0.3, 0.4) is 0 Å². The highest BCUT2D eigenvalue weighted by atomic mass is 19.3. The molecular formula is C46H29F6N3O2. The number of ether oxygens (including phenoxy) is 2. The first-order valence-electron chi connectivity index (χ1n) is 17.6. The monoisotopic (exact) mass is 769 g/mol. The summed E-state index contributed by atoms with van der Waals surface area (Å²) in [4.78, 5) is 3.99. The number of fused-ring (bicyclic) bond motifs is 3. The van der Waals surface area contributed by atoms with E-state index in [9.17, 15) is 26.3 Å². The summed E-state index contributed by atoms with van der Waals surface area (Å²) in [6.45, 7) is 0. The van der Waals surface area contributed by atoms with Gasteiger partial charge in [-0.25, -0.2) is 0 Å². The molecule has 0 aliphatic rings. The van der Waals surface area contributed by atoms with Crippen molar-refractivity contribution in [1.29, 1.82) is 0 Å². The third-order valence-electron chi connectivity index (χ3n) is 9.19. The molecule has 5 nitrogen and oxygen atoms in total. The minimum absolute atomic E-state index is 0.0891. The average Bonchev–Trinajstić information content (AvgIpc) is 3.56. The molecular weight excluding hydrogens is 741 g/mol. The van der Waals surface area contributed by atoms with Gasteiger partial charge >= 0.3 is 24.2 Å². The lowest BCUT2D eigenvalue weighted by Gasteiger charge is -2.26. The lowest BCUT2D eigenvalue weighted by molar-refractivity contribution is 0.241. The van der Waals surface area contributed by atoms with Crippen molar-refractivity contribution in [2.24, 2.45) is 0 Å². The van der Waals surface area contributed by atoms with Gasteiger partial charge in [0.25, 0.3) is 0 Å². The van der Waals surface area contributed by atoms with E-state index in [1.807, 2.05) is 125 Å². The number of aromatic nitrogens is 1. The van der Waals surface area contributed by atoms with Crippen molar-refractivity contribution in [3.8, 4) is 17.2 Å². The number of hydrogen-bond acceptors (Lipinski definition) is 4. The van der Waals surface area contributed by atoms with E-state index in [2.05, 4.69) is 26.2 Å². The molecule has 57 heavy (non-hydrogen) atoms. The molecule has 0 amide bonds. The molecule has 0 spiro atoms. The number of hydrogen-bond donors (Lipinski definition) is 0. The van der Waals surface area contributed by atoms with Crippen molar-refractivity contribution in [3.63, 3.8) is 0 Å². The summed E-state index contributed by atoms with van der Waals surface area (Å²) < 4.78 is 89.8. The van der Waals surface area contributed by atoms with Crippen LogP contribution >= 0.6 is 0 Å². The first kappa shape index (κ1) is 36.6. The van der Waals surface area contributed by atoms with Crippen LogP contribution < -0.4 is 19.3 Å². The van der Waals surface area contributed by atoms with E-state index in [0.717, 1.165) is 50.2 Å². The third kappa shape index (κ3) is 7.50. The van der Waals surface area contributed by atoms with Crippen molar-refractivity contribution < 1.29 is 35.8 Å². The zero-order chi connectivity index (χ0) is 39.5. The van der Waals surface area contributed by atoms with Crippen LogP contribution in [0.5, 0.6) is 11.5 Å². The summed E-state index contributed by atoms with van der Waals surface area (Å²) in [5.74, 6) is -0.178. The Kier molecular flexibility index (Phi) is 10.1. The molecule has 0 unspecified atom stereocenters. The summed E-state index contributed by atoms with van der Waals surface area (Å²) in [5, 5.41) is 1.82. The topological polar surface area (TPSA) is 29.9 Å². The van der Waals surface area contributed by atoms with Crippen LogP contribution in [0.1, 0.15) is 0 Å². The van der Waals surface area contributed by atoms with E-state index < -0.39 is 24.2 Å². The molecule has 0 fully saturated rings. The Morgan fingerprint density at radius 3 is 1.07 bits per heavy atom. The summed E-state index contributed by atoms with van der Waals surface area (Å²) in [6, 6.07) is 49.7. The van der Waals surface area contributed by atoms with E-state index in [1.54, 1.807) is 24.3 Å². The van der Waals surface area contributed by atoms with Gasteiger partial charge in [-0.1, -0.05) is 54.6 Å². The van der Waals surface area contributed by atoms with Gasteiger partial charge in [0.1, 0.15) is 11.5 Å². The molecule has 1 aromatic heterocycles. The number of rotatable bonds is 11. The molecule has 0 N–H and O–H groups in total. The molecule has 0 bridgehead atoms. The highest BCUT2D eigenvalue weighted by Crippen LogP contribution is 2.43. The summed E-state index contributed by atoms with van der Waals surface area (Å²) >= 11 is 0. The van der Waals surface area contributed by atoms with Gasteiger partial charge in [-0.15, -0.1) is 0 Å². The second-order valence-electron chi connectivity index (χ2n) is 12.7. The van der Waals surface area contributed by atoms with Crippen molar-refractivity contribution in [3.05, 3.63) is 200 Å². The zero-order valence-electron chi connectivity index (χ0n) is 29.7. The molecule has 8 rings (SSSR count). The van der Waals surface area contributed by atoms with Crippen molar-refractivity contribution in [2.75, 3.05) is 9.80 Å². The fourth-order valence-electron chi connectivity index (χ4n) is 6.79. The summed E-state index contributed by atoms with van der Waals surface area (Å²) in [6.07, 6.45) is -5.10. The number of halogens is 6. The second-order valence-corrected chi connectivity index (χ2v) is 12.7.